The highest BCUT2D eigenvalue weighted by atomic mass is 35.5. The van der Waals surface area contributed by atoms with Crippen molar-refractivity contribution in [2.45, 2.75) is 20.4 Å². The molecule has 0 spiro atoms. The molecule has 0 saturated heterocycles. The van der Waals surface area contributed by atoms with Crippen LogP contribution in [0.25, 0.3) is 0 Å². The lowest BCUT2D eigenvalue weighted by molar-refractivity contribution is 0.102. The molecule has 3 aromatic rings. The number of amides is 1. The summed E-state index contributed by atoms with van der Waals surface area (Å²) in [7, 11) is 0. The molecule has 0 bridgehead atoms. The minimum atomic E-state index is -0.356. The second kappa shape index (κ2) is 6.94. The Morgan fingerprint density at radius 2 is 2.08 bits per heavy atom. The predicted octanol–water partition coefficient (Wildman–Crippen LogP) is 3.14. The summed E-state index contributed by atoms with van der Waals surface area (Å²) < 4.78 is 1.69. The average Bonchev–Trinajstić information content (AvgIpc) is 2.87. The largest absolute Gasteiger partial charge is 0.326 e. The maximum Gasteiger partial charge on any atom is 0.257 e. The van der Waals surface area contributed by atoms with Gasteiger partial charge in [0.1, 0.15) is 5.82 Å². The van der Waals surface area contributed by atoms with E-state index < -0.39 is 0 Å². The van der Waals surface area contributed by atoms with Crippen molar-refractivity contribution in [1.82, 2.24) is 14.8 Å². The number of carbonyl (C=O) groups excluding carboxylic acids is 1. The van der Waals surface area contributed by atoms with E-state index in [0.717, 1.165) is 11.1 Å². The zero-order valence-electron chi connectivity index (χ0n) is 13.8. The Bertz CT molecular complexity index is 991. The molecule has 6 nitrogen and oxygen atoms in total. The first kappa shape index (κ1) is 17.0. The molecule has 0 fully saturated rings. The van der Waals surface area contributed by atoms with Gasteiger partial charge in [-0.15, -0.1) is 0 Å². The van der Waals surface area contributed by atoms with Crippen LogP contribution in [-0.4, -0.2) is 20.7 Å². The SMILES string of the molecule is Cc1cc(C(=O)Nc2c(C)cnn2Cc2cccc(Cl)c2)cc(=O)[nH]1. The Morgan fingerprint density at radius 1 is 1.28 bits per heavy atom. The molecule has 2 aromatic heterocycles. The molecule has 3 rings (SSSR count). The van der Waals surface area contributed by atoms with Crippen molar-refractivity contribution in [1.29, 1.82) is 0 Å². The van der Waals surface area contributed by atoms with Crippen LogP contribution in [0.3, 0.4) is 0 Å². The maximum atomic E-state index is 12.5. The first-order chi connectivity index (χ1) is 11.9. The van der Waals surface area contributed by atoms with Gasteiger partial charge in [-0.1, -0.05) is 23.7 Å². The number of aryl methyl sites for hydroxylation is 2. The quantitative estimate of drug-likeness (QED) is 0.753. The Balaban J connectivity index is 1.86. The van der Waals surface area contributed by atoms with Crippen LogP contribution in [0, 0.1) is 13.8 Å². The highest BCUT2D eigenvalue weighted by molar-refractivity contribution is 6.30. The number of hydrogen-bond acceptors (Lipinski definition) is 3. The number of H-pyrrole nitrogens is 1. The van der Waals surface area contributed by atoms with Crippen LogP contribution in [0.1, 0.15) is 27.2 Å². The average molecular weight is 357 g/mol. The lowest BCUT2D eigenvalue weighted by Gasteiger charge is -2.11. The van der Waals surface area contributed by atoms with Crippen molar-refractivity contribution in [3.8, 4) is 0 Å². The summed E-state index contributed by atoms with van der Waals surface area (Å²) in [4.78, 5) is 26.7. The molecule has 25 heavy (non-hydrogen) atoms. The number of anilines is 1. The summed E-state index contributed by atoms with van der Waals surface area (Å²) in [5.74, 6) is 0.230. The van der Waals surface area contributed by atoms with Gasteiger partial charge < -0.3 is 10.3 Å². The smallest absolute Gasteiger partial charge is 0.257 e. The predicted molar refractivity (Wildman–Crippen MR) is 97.3 cm³/mol. The van der Waals surface area contributed by atoms with Gasteiger partial charge in [0.25, 0.3) is 5.91 Å². The number of aromatic nitrogens is 3. The fourth-order valence-corrected chi connectivity index (χ4v) is 2.78. The van der Waals surface area contributed by atoms with Gasteiger partial charge in [0, 0.05) is 27.9 Å². The molecule has 1 amide bonds. The number of rotatable bonds is 4. The summed E-state index contributed by atoms with van der Waals surface area (Å²) in [6.07, 6.45) is 1.68. The molecule has 0 aliphatic carbocycles. The monoisotopic (exact) mass is 356 g/mol. The molecule has 1 aromatic carbocycles. The van der Waals surface area contributed by atoms with Gasteiger partial charge >= 0.3 is 0 Å². The third-order valence-corrected chi connectivity index (χ3v) is 3.95. The van der Waals surface area contributed by atoms with Crippen molar-refractivity contribution in [3.63, 3.8) is 0 Å². The van der Waals surface area contributed by atoms with Crippen molar-refractivity contribution < 1.29 is 4.79 Å². The summed E-state index contributed by atoms with van der Waals surface area (Å²) in [5, 5.41) is 7.80. The van der Waals surface area contributed by atoms with E-state index in [0.29, 0.717) is 28.6 Å². The first-order valence-electron chi connectivity index (χ1n) is 7.71. The zero-order chi connectivity index (χ0) is 18.0. The third kappa shape index (κ3) is 3.97. The molecule has 128 valence electrons. The van der Waals surface area contributed by atoms with Gasteiger partial charge in [-0.25, -0.2) is 4.68 Å². The van der Waals surface area contributed by atoms with Crippen LogP contribution in [0.15, 0.2) is 47.4 Å². The standard InChI is InChI=1S/C18H17ClN4O2/c1-11-9-20-23(10-13-4-3-5-15(19)7-13)17(11)22-18(25)14-6-12(2)21-16(24)8-14/h3-9H,10H2,1-2H3,(H,21,24)(H,22,25). The van der Waals surface area contributed by atoms with Gasteiger partial charge in [0.2, 0.25) is 5.56 Å². The minimum Gasteiger partial charge on any atom is -0.326 e. The molecule has 2 N–H and O–H groups in total. The number of halogens is 1. The van der Waals surface area contributed by atoms with Gasteiger partial charge in [0.15, 0.2) is 0 Å². The van der Waals surface area contributed by atoms with Crippen LogP contribution in [0.5, 0.6) is 0 Å². The minimum absolute atomic E-state index is 0.302. The van der Waals surface area contributed by atoms with E-state index in [1.807, 2.05) is 25.1 Å². The molecule has 0 unspecified atom stereocenters. The molecule has 0 atom stereocenters. The summed E-state index contributed by atoms with van der Waals surface area (Å²) in [5.41, 5.74) is 2.42. The van der Waals surface area contributed by atoms with Crippen LogP contribution in [0.4, 0.5) is 5.82 Å². The fourth-order valence-electron chi connectivity index (χ4n) is 2.56. The van der Waals surface area contributed by atoms with Gasteiger partial charge in [-0.3, -0.25) is 9.59 Å². The lowest BCUT2D eigenvalue weighted by Crippen LogP contribution is -2.19. The molecule has 7 heteroatoms. The van der Waals surface area contributed by atoms with Gasteiger partial charge in [0.05, 0.1) is 12.7 Å². The molecular formula is C18H17ClN4O2. The van der Waals surface area contributed by atoms with Crippen molar-refractivity contribution >= 4 is 23.3 Å². The fraction of sp³-hybridized carbons (Fsp3) is 0.167. The summed E-state index contributed by atoms with van der Waals surface area (Å²) in [6.45, 7) is 4.06. The number of pyridine rings is 1. The van der Waals surface area contributed by atoms with Crippen LogP contribution in [0.2, 0.25) is 5.02 Å². The number of hydrogen-bond donors (Lipinski definition) is 2. The highest BCUT2D eigenvalue weighted by Gasteiger charge is 2.14. The number of nitrogens with zero attached hydrogens (tertiary/aromatic N) is 2. The van der Waals surface area contributed by atoms with Gasteiger partial charge in [-0.2, -0.15) is 5.10 Å². The van der Waals surface area contributed by atoms with E-state index in [1.165, 1.54) is 6.07 Å². The van der Waals surface area contributed by atoms with E-state index in [-0.39, 0.29) is 11.5 Å². The molecule has 0 saturated carbocycles. The highest BCUT2D eigenvalue weighted by Crippen LogP contribution is 2.18. The topological polar surface area (TPSA) is 79.8 Å². The van der Waals surface area contributed by atoms with Crippen molar-refractivity contribution in [3.05, 3.63) is 80.4 Å². The molecule has 0 aliphatic heterocycles. The lowest BCUT2D eigenvalue weighted by atomic mass is 10.2. The summed E-state index contributed by atoms with van der Waals surface area (Å²) in [6, 6.07) is 10.4. The number of aromatic amines is 1. The Hall–Kier alpha value is -2.86. The van der Waals surface area contributed by atoms with Gasteiger partial charge in [-0.05, 0) is 37.6 Å². The second-order valence-corrected chi connectivity index (χ2v) is 6.27. The summed E-state index contributed by atoms with van der Waals surface area (Å²) >= 11 is 6.02. The normalized spacial score (nSPS) is 10.7. The number of carbonyl (C=O) groups is 1. The van der Waals surface area contributed by atoms with Crippen LogP contribution >= 0.6 is 11.6 Å². The molecule has 0 radical (unpaired) electrons. The number of nitrogens with one attached hydrogen (secondary N) is 2. The Morgan fingerprint density at radius 3 is 2.80 bits per heavy atom. The van der Waals surface area contributed by atoms with Crippen molar-refractivity contribution in [2.24, 2.45) is 0 Å². The van der Waals surface area contributed by atoms with E-state index >= 15 is 0 Å². The van der Waals surface area contributed by atoms with E-state index in [1.54, 1.807) is 29.9 Å². The van der Waals surface area contributed by atoms with Crippen LogP contribution < -0.4 is 10.9 Å². The number of benzene rings is 1. The first-order valence-corrected chi connectivity index (χ1v) is 8.09. The zero-order valence-corrected chi connectivity index (χ0v) is 14.6. The third-order valence-electron chi connectivity index (χ3n) is 3.72. The Kier molecular flexibility index (Phi) is 4.72. The Labute approximate surface area is 149 Å². The molecule has 2 heterocycles. The molecular weight excluding hydrogens is 340 g/mol. The second-order valence-electron chi connectivity index (χ2n) is 5.83. The van der Waals surface area contributed by atoms with E-state index in [4.69, 9.17) is 11.6 Å². The molecule has 0 aliphatic rings. The van der Waals surface area contributed by atoms with E-state index in [9.17, 15) is 9.59 Å². The van der Waals surface area contributed by atoms with Crippen LogP contribution in [-0.2, 0) is 6.54 Å². The van der Waals surface area contributed by atoms with Crippen molar-refractivity contribution in [2.75, 3.05) is 5.32 Å². The van der Waals surface area contributed by atoms with E-state index in [2.05, 4.69) is 15.4 Å². The maximum absolute atomic E-state index is 12.5.